The molecule has 0 aromatic heterocycles. The first-order valence-corrected chi connectivity index (χ1v) is 6.85. The van der Waals surface area contributed by atoms with Gasteiger partial charge in [-0.2, -0.15) is 0 Å². The van der Waals surface area contributed by atoms with Crippen LogP contribution in [0.5, 0.6) is 0 Å². The Morgan fingerprint density at radius 3 is 1.82 bits per heavy atom. The lowest BCUT2D eigenvalue weighted by atomic mass is 10.2. The van der Waals surface area contributed by atoms with Crippen LogP contribution in [0.3, 0.4) is 0 Å². The van der Waals surface area contributed by atoms with Gasteiger partial charge in [0.15, 0.2) is 0 Å². The van der Waals surface area contributed by atoms with Gasteiger partial charge in [-0.15, -0.1) is 6.58 Å². The zero-order chi connectivity index (χ0) is 9.02. The van der Waals surface area contributed by atoms with Gasteiger partial charge in [0.2, 0.25) is 0 Å². The standard InChI is InChI=1S/C7H10Br4/c1-3-5(9)7(11)6(10)4(2)8/h3-7H,1H2,2H3. The molecular formula is C7H10Br4. The van der Waals surface area contributed by atoms with Gasteiger partial charge in [-0.1, -0.05) is 76.7 Å². The van der Waals surface area contributed by atoms with Crippen LogP contribution in [-0.4, -0.2) is 19.3 Å². The molecule has 0 amide bonds. The second kappa shape index (κ2) is 6.17. The molecule has 0 bridgehead atoms. The maximum Gasteiger partial charge on any atom is 0.0459 e. The van der Waals surface area contributed by atoms with E-state index >= 15 is 0 Å². The molecule has 66 valence electrons. The van der Waals surface area contributed by atoms with Crippen molar-refractivity contribution in [3.05, 3.63) is 12.7 Å². The van der Waals surface area contributed by atoms with Crippen LogP contribution in [0.1, 0.15) is 6.92 Å². The van der Waals surface area contributed by atoms with Crippen molar-refractivity contribution >= 4 is 63.7 Å². The molecule has 4 heteroatoms. The number of hydrogen-bond acceptors (Lipinski definition) is 0. The van der Waals surface area contributed by atoms with Crippen molar-refractivity contribution in [3.8, 4) is 0 Å². The molecule has 0 nitrogen and oxygen atoms in total. The van der Waals surface area contributed by atoms with Crippen molar-refractivity contribution in [1.82, 2.24) is 0 Å². The highest BCUT2D eigenvalue weighted by Gasteiger charge is 2.24. The summed E-state index contributed by atoms with van der Waals surface area (Å²) in [4.78, 5) is 1.48. The summed E-state index contributed by atoms with van der Waals surface area (Å²) in [6.45, 7) is 5.82. The fourth-order valence-corrected chi connectivity index (χ4v) is 3.04. The van der Waals surface area contributed by atoms with E-state index in [4.69, 9.17) is 0 Å². The summed E-state index contributed by atoms with van der Waals surface area (Å²) in [6, 6.07) is 0. The topological polar surface area (TPSA) is 0 Å². The Labute approximate surface area is 102 Å². The highest BCUT2D eigenvalue weighted by atomic mass is 79.9. The highest BCUT2D eigenvalue weighted by Crippen LogP contribution is 2.28. The quantitative estimate of drug-likeness (QED) is 0.477. The van der Waals surface area contributed by atoms with Gasteiger partial charge in [-0.05, 0) is 0 Å². The first-order valence-electron chi connectivity index (χ1n) is 3.19. The predicted molar refractivity (Wildman–Crippen MR) is 66.7 cm³/mol. The molecule has 0 aliphatic heterocycles. The zero-order valence-corrected chi connectivity index (χ0v) is 12.4. The van der Waals surface area contributed by atoms with Crippen molar-refractivity contribution in [1.29, 1.82) is 0 Å². The van der Waals surface area contributed by atoms with Crippen LogP contribution in [0.15, 0.2) is 12.7 Å². The largest absolute Gasteiger partial charge is 0.102 e. The van der Waals surface area contributed by atoms with Crippen LogP contribution in [0, 0.1) is 0 Å². The van der Waals surface area contributed by atoms with Gasteiger partial charge < -0.3 is 0 Å². The SMILES string of the molecule is C=CC(Br)C(Br)C(Br)C(C)Br. The summed E-state index contributed by atoms with van der Waals surface area (Å²) in [6.07, 6.45) is 1.88. The van der Waals surface area contributed by atoms with Gasteiger partial charge in [-0.3, -0.25) is 0 Å². The summed E-state index contributed by atoms with van der Waals surface area (Å²) in [5.41, 5.74) is 0. The number of alkyl halides is 4. The number of halogens is 4. The van der Waals surface area contributed by atoms with E-state index in [-0.39, 0.29) is 0 Å². The molecule has 11 heavy (non-hydrogen) atoms. The third kappa shape index (κ3) is 4.44. The summed E-state index contributed by atoms with van der Waals surface area (Å²) in [5.74, 6) is 0. The Bertz CT molecular complexity index is 124. The van der Waals surface area contributed by atoms with Crippen LogP contribution in [0.4, 0.5) is 0 Å². The first kappa shape index (κ1) is 12.7. The third-order valence-electron chi connectivity index (χ3n) is 1.27. The zero-order valence-electron chi connectivity index (χ0n) is 6.11. The van der Waals surface area contributed by atoms with Gasteiger partial charge in [0.25, 0.3) is 0 Å². The van der Waals surface area contributed by atoms with Crippen molar-refractivity contribution < 1.29 is 0 Å². The molecule has 0 fully saturated rings. The molecular weight excluding hydrogens is 404 g/mol. The number of rotatable bonds is 4. The van der Waals surface area contributed by atoms with Crippen molar-refractivity contribution in [3.63, 3.8) is 0 Å². The summed E-state index contributed by atoms with van der Waals surface area (Å²) >= 11 is 14.2. The third-order valence-corrected chi connectivity index (χ3v) is 7.42. The van der Waals surface area contributed by atoms with E-state index < -0.39 is 0 Å². The molecule has 4 unspecified atom stereocenters. The van der Waals surface area contributed by atoms with Crippen LogP contribution in [0.2, 0.25) is 0 Å². The summed E-state index contributed by atoms with van der Waals surface area (Å²) in [7, 11) is 0. The number of hydrogen-bond donors (Lipinski definition) is 0. The molecule has 0 N–H and O–H groups in total. The van der Waals surface area contributed by atoms with Crippen molar-refractivity contribution in [2.75, 3.05) is 0 Å². The minimum absolute atomic E-state index is 0.298. The molecule has 0 aromatic carbocycles. The molecule has 0 rings (SSSR count). The fourth-order valence-electron chi connectivity index (χ4n) is 0.559. The molecule has 0 spiro atoms. The lowest BCUT2D eigenvalue weighted by molar-refractivity contribution is 0.825. The van der Waals surface area contributed by atoms with Crippen molar-refractivity contribution in [2.24, 2.45) is 0 Å². The van der Waals surface area contributed by atoms with Crippen LogP contribution in [0.25, 0.3) is 0 Å². The first-order chi connectivity index (χ1) is 5.00. The van der Waals surface area contributed by atoms with Crippen molar-refractivity contribution in [2.45, 2.75) is 26.2 Å². The maximum absolute atomic E-state index is 3.71. The van der Waals surface area contributed by atoms with E-state index in [1.165, 1.54) is 0 Å². The van der Waals surface area contributed by atoms with Gasteiger partial charge in [0.05, 0.1) is 0 Å². The molecule has 0 aromatic rings. The Morgan fingerprint density at radius 1 is 1.09 bits per heavy atom. The van der Waals surface area contributed by atoms with Gasteiger partial charge in [0, 0.05) is 19.3 Å². The monoisotopic (exact) mass is 410 g/mol. The minimum atomic E-state index is 0.298. The van der Waals surface area contributed by atoms with Gasteiger partial charge in [-0.25, -0.2) is 0 Å². The van der Waals surface area contributed by atoms with Crippen LogP contribution >= 0.6 is 63.7 Å². The lowest BCUT2D eigenvalue weighted by Gasteiger charge is -2.21. The normalized spacial score (nSPS) is 21.9. The van der Waals surface area contributed by atoms with E-state index in [1.54, 1.807) is 0 Å². The van der Waals surface area contributed by atoms with Crippen LogP contribution < -0.4 is 0 Å². The molecule has 0 aliphatic rings. The maximum atomic E-state index is 3.71. The Hall–Kier alpha value is 1.66. The van der Waals surface area contributed by atoms with Gasteiger partial charge in [0.1, 0.15) is 0 Å². The highest BCUT2D eigenvalue weighted by molar-refractivity contribution is 9.14. The predicted octanol–water partition coefficient (Wildman–Crippen LogP) is 4.25. The van der Waals surface area contributed by atoms with E-state index in [2.05, 4.69) is 77.2 Å². The van der Waals surface area contributed by atoms with Crippen LogP contribution in [-0.2, 0) is 0 Å². The van der Waals surface area contributed by atoms with Gasteiger partial charge >= 0.3 is 0 Å². The summed E-state index contributed by atoms with van der Waals surface area (Å²) < 4.78 is 0. The number of allylic oxidation sites excluding steroid dienone is 1. The minimum Gasteiger partial charge on any atom is -0.102 e. The Balaban J connectivity index is 4.00. The van der Waals surface area contributed by atoms with E-state index in [1.807, 2.05) is 6.08 Å². The van der Waals surface area contributed by atoms with E-state index in [9.17, 15) is 0 Å². The fraction of sp³-hybridized carbons (Fsp3) is 0.714. The second-order valence-corrected chi connectivity index (χ2v) is 6.86. The smallest absolute Gasteiger partial charge is 0.0459 e. The average molecular weight is 414 g/mol. The lowest BCUT2D eigenvalue weighted by Crippen LogP contribution is -2.28. The molecule has 0 heterocycles. The second-order valence-electron chi connectivity index (χ2n) is 2.25. The summed E-state index contributed by atoms with van der Waals surface area (Å²) in [5, 5.41) is 0. The molecule has 0 radical (unpaired) electrons. The molecule has 0 saturated carbocycles. The molecule has 0 aliphatic carbocycles. The molecule has 4 atom stereocenters. The Kier molecular flexibility index (Phi) is 7.10. The van der Waals surface area contributed by atoms with E-state index in [0.29, 0.717) is 19.3 Å². The molecule has 0 saturated heterocycles. The average Bonchev–Trinajstić information content (AvgIpc) is 2.00. The Morgan fingerprint density at radius 2 is 1.55 bits per heavy atom. The van der Waals surface area contributed by atoms with E-state index in [0.717, 1.165) is 0 Å².